The summed E-state index contributed by atoms with van der Waals surface area (Å²) in [5.74, 6) is 1.68. The van der Waals surface area contributed by atoms with Crippen LogP contribution in [0.5, 0.6) is 11.5 Å². The number of benzene rings is 2. The van der Waals surface area contributed by atoms with Crippen LogP contribution in [-0.4, -0.2) is 14.2 Å². The highest BCUT2D eigenvalue weighted by Crippen LogP contribution is 2.38. The molecular weight excluding hydrogens is 352 g/mol. The molecule has 0 aliphatic heterocycles. The predicted octanol–water partition coefficient (Wildman–Crippen LogP) is 5.41. The van der Waals surface area contributed by atoms with Crippen LogP contribution < -0.4 is 9.47 Å². The summed E-state index contributed by atoms with van der Waals surface area (Å²) in [7, 11) is 3.34. The monoisotopic (exact) mass is 368 g/mol. The highest BCUT2D eigenvalue weighted by molar-refractivity contribution is 9.10. The first-order valence-electron chi connectivity index (χ1n) is 6.60. The van der Waals surface area contributed by atoms with E-state index in [4.69, 9.17) is 21.1 Å². The van der Waals surface area contributed by atoms with Crippen LogP contribution in [0.15, 0.2) is 34.8 Å². The van der Waals surface area contributed by atoms with E-state index >= 15 is 0 Å². The lowest BCUT2D eigenvalue weighted by Crippen LogP contribution is -2.00. The van der Waals surface area contributed by atoms with E-state index in [1.807, 2.05) is 32.0 Å². The fraction of sp³-hybridized carbons (Fsp3) is 0.294. The van der Waals surface area contributed by atoms with Crippen LogP contribution in [-0.2, 0) is 0 Å². The van der Waals surface area contributed by atoms with Crippen molar-refractivity contribution in [3.8, 4) is 11.5 Å². The van der Waals surface area contributed by atoms with Gasteiger partial charge in [0.2, 0.25) is 0 Å². The van der Waals surface area contributed by atoms with Gasteiger partial charge in [-0.15, -0.1) is 11.6 Å². The molecule has 0 amide bonds. The Balaban J connectivity index is 2.47. The van der Waals surface area contributed by atoms with Crippen molar-refractivity contribution in [3.63, 3.8) is 0 Å². The molecule has 2 rings (SSSR count). The Hall–Kier alpha value is -1.19. The summed E-state index contributed by atoms with van der Waals surface area (Å²) in [5, 5.41) is -0.267. The Morgan fingerprint density at radius 3 is 2.14 bits per heavy atom. The SMILES string of the molecule is COc1cc(Br)ccc1C(Cl)c1cc(C)c(OC)c(C)c1. The Labute approximate surface area is 139 Å². The maximum absolute atomic E-state index is 6.67. The molecule has 0 heterocycles. The molecule has 1 unspecified atom stereocenters. The fourth-order valence-electron chi connectivity index (χ4n) is 2.53. The van der Waals surface area contributed by atoms with Gasteiger partial charge in [0.1, 0.15) is 11.5 Å². The number of aryl methyl sites for hydroxylation is 2. The fourth-order valence-corrected chi connectivity index (χ4v) is 3.17. The number of rotatable bonds is 4. The number of halogens is 2. The lowest BCUT2D eigenvalue weighted by atomic mass is 9.98. The van der Waals surface area contributed by atoms with Gasteiger partial charge in [0, 0.05) is 10.0 Å². The summed E-state index contributed by atoms with van der Waals surface area (Å²) < 4.78 is 11.8. The molecule has 0 bridgehead atoms. The summed E-state index contributed by atoms with van der Waals surface area (Å²) in [5.41, 5.74) is 4.14. The topological polar surface area (TPSA) is 18.5 Å². The second-order valence-corrected chi connectivity index (χ2v) is 6.29. The van der Waals surface area contributed by atoms with E-state index in [1.165, 1.54) is 0 Å². The Morgan fingerprint density at radius 1 is 1.00 bits per heavy atom. The summed E-state index contributed by atoms with van der Waals surface area (Å²) in [4.78, 5) is 0. The summed E-state index contributed by atoms with van der Waals surface area (Å²) in [6.07, 6.45) is 0. The van der Waals surface area contributed by atoms with Gasteiger partial charge in [0.15, 0.2) is 0 Å². The van der Waals surface area contributed by atoms with Gasteiger partial charge in [-0.05, 0) is 42.7 Å². The molecule has 112 valence electrons. The molecule has 0 aromatic heterocycles. The minimum Gasteiger partial charge on any atom is -0.496 e. The number of ether oxygens (including phenoxy) is 2. The third-order valence-electron chi connectivity index (χ3n) is 3.45. The quantitative estimate of drug-likeness (QED) is 0.671. The minimum absolute atomic E-state index is 0.267. The van der Waals surface area contributed by atoms with Gasteiger partial charge >= 0.3 is 0 Å². The van der Waals surface area contributed by atoms with E-state index in [-0.39, 0.29) is 5.38 Å². The van der Waals surface area contributed by atoms with Crippen molar-refractivity contribution >= 4 is 27.5 Å². The van der Waals surface area contributed by atoms with Gasteiger partial charge in [0.25, 0.3) is 0 Å². The lowest BCUT2D eigenvalue weighted by Gasteiger charge is -2.17. The summed E-state index contributed by atoms with van der Waals surface area (Å²) in [6.45, 7) is 4.05. The van der Waals surface area contributed by atoms with Gasteiger partial charge in [-0.1, -0.05) is 34.1 Å². The second-order valence-electron chi connectivity index (χ2n) is 4.94. The van der Waals surface area contributed by atoms with Crippen molar-refractivity contribution in [1.29, 1.82) is 0 Å². The van der Waals surface area contributed by atoms with Crippen molar-refractivity contribution in [2.24, 2.45) is 0 Å². The van der Waals surface area contributed by atoms with E-state index < -0.39 is 0 Å². The molecule has 0 saturated heterocycles. The normalized spacial score (nSPS) is 12.1. The van der Waals surface area contributed by atoms with Crippen molar-refractivity contribution in [2.75, 3.05) is 14.2 Å². The van der Waals surface area contributed by atoms with Crippen LogP contribution in [0, 0.1) is 13.8 Å². The third-order valence-corrected chi connectivity index (χ3v) is 4.43. The van der Waals surface area contributed by atoms with E-state index in [9.17, 15) is 0 Å². The molecule has 2 aromatic rings. The number of methoxy groups -OCH3 is 2. The minimum atomic E-state index is -0.267. The van der Waals surface area contributed by atoms with Crippen LogP contribution in [0.25, 0.3) is 0 Å². The van der Waals surface area contributed by atoms with Crippen molar-refractivity contribution in [1.82, 2.24) is 0 Å². The smallest absolute Gasteiger partial charge is 0.125 e. The van der Waals surface area contributed by atoms with Gasteiger partial charge in [-0.25, -0.2) is 0 Å². The largest absolute Gasteiger partial charge is 0.496 e. The first kappa shape index (κ1) is 16.2. The zero-order valence-electron chi connectivity index (χ0n) is 12.5. The molecule has 2 nitrogen and oxygen atoms in total. The zero-order valence-corrected chi connectivity index (χ0v) is 14.9. The maximum atomic E-state index is 6.67. The molecule has 0 saturated carbocycles. The van der Waals surface area contributed by atoms with Crippen LogP contribution in [0.2, 0.25) is 0 Å². The highest BCUT2D eigenvalue weighted by atomic mass is 79.9. The summed E-state index contributed by atoms with van der Waals surface area (Å²) >= 11 is 10.1. The Kier molecular flexibility index (Phi) is 5.17. The van der Waals surface area contributed by atoms with Crippen LogP contribution >= 0.6 is 27.5 Å². The Morgan fingerprint density at radius 2 is 1.62 bits per heavy atom. The molecule has 2 aromatic carbocycles. The molecule has 21 heavy (non-hydrogen) atoms. The molecule has 0 N–H and O–H groups in total. The molecule has 0 fully saturated rings. The third kappa shape index (κ3) is 3.35. The van der Waals surface area contributed by atoms with E-state index in [0.717, 1.165) is 38.2 Å². The number of hydrogen-bond donors (Lipinski definition) is 0. The Bertz CT molecular complexity index is 632. The average molecular weight is 370 g/mol. The van der Waals surface area contributed by atoms with Crippen LogP contribution in [0.4, 0.5) is 0 Å². The maximum Gasteiger partial charge on any atom is 0.125 e. The average Bonchev–Trinajstić information content (AvgIpc) is 2.46. The predicted molar refractivity (Wildman–Crippen MR) is 90.9 cm³/mol. The van der Waals surface area contributed by atoms with Crippen LogP contribution in [0.3, 0.4) is 0 Å². The summed E-state index contributed by atoms with van der Waals surface area (Å²) in [6, 6.07) is 10.00. The van der Waals surface area contributed by atoms with Crippen molar-refractivity contribution in [3.05, 3.63) is 57.1 Å². The van der Waals surface area contributed by atoms with Gasteiger partial charge in [-0.2, -0.15) is 0 Å². The molecule has 0 aliphatic rings. The number of alkyl halides is 1. The highest BCUT2D eigenvalue weighted by Gasteiger charge is 2.18. The van der Waals surface area contributed by atoms with E-state index in [0.29, 0.717) is 0 Å². The first-order valence-corrected chi connectivity index (χ1v) is 7.83. The van der Waals surface area contributed by atoms with Gasteiger partial charge < -0.3 is 9.47 Å². The molecule has 4 heteroatoms. The van der Waals surface area contributed by atoms with Crippen LogP contribution in [0.1, 0.15) is 27.6 Å². The second kappa shape index (κ2) is 6.71. The van der Waals surface area contributed by atoms with Crippen molar-refractivity contribution < 1.29 is 9.47 Å². The molecule has 0 radical (unpaired) electrons. The molecule has 0 spiro atoms. The van der Waals surface area contributed by atoms with Gasteiger partial charge in [0.05, 0.1) is 19.6 Å². The van der Waals surface area contributed by atoms with E-state index in [1.54, 1.807) is 14.2 Å². The zero-order chi connectivity index (χ0) is 15.6. The molecule has 0 aliphatic carbocycles. The molecular formula is C17H18BrClO2. The van der Waals surface area contributed by atoms with Gasteiger partial charge in [-0.3, -0.25) is 0 Å². The number of hydrogen-bond acceptors (Lipinski definition) is 2. The van der Waals surface area contributed by atoms with E-state index in [2.05, 4.69) is 28.1 Å². The molecule has 1 atom stereocenters. The standard InChI is InChI=1S/C17H18BrClO2/c1-10-7-12(8-11(2)17(10)21-4)16(19)14-6-5-13(18)9-15(14)20-3/h5-9,16H,1-4H3. The lowest BCUT2D eigenvalue weighted by molar-refractivity contribution is 0.408. The first-order chi connectivity index (χ1) is 9.97. The van der Waals surface area contributed by atoms with Crippen molar-refractivity contribution in [2.45, 2.75) is 19.2 Å².